The summed E-state index contributed by atoms with van der Waals surface area (Å²) in [7, 11) is 0. The number of aromatic carboxylic acids is 1. The van der Waals surface area contributed by atoms with Crippen molar-refractivity contribution in [2.45, 2.75) is 32.2 Å². The molecule has 0 spiro atoms. The van der Waals surface area contributed by atoms with Crippen LogP contribution in [-0.2, 0) is 10.3 Å². The molecule has 1 aromatic rings. The van der Waals surface area contributed by atoms with Crippen LogP contribution in [0.3, 0.4) is 0 Å². The Morgan fingerprint density at radius 1 is 1.29 bits per heavy atom. The first kappa shape index (κ1) is 13.2. The second kappa shape index (κ2) is 5.48. The van der Waals surface area contributed by atoms with Gasteiger partial charge in [-0.1, -0.05) is 26.0 Å². The van der Waals surface area contributed by atoms with E-state index in [-0.39, 0.29) is 11.1 Å². The standard InChI is InChI=1S/C11H11NO3.C2H6/c13-7-12-11(5-6-11)9-3-1-8(2-4-9)10(14)15;1-2/h1-4,7H,5-6H2,(H,12,13)(H,14,15);1-2H3. The van der Waals surface area contributed by atoms with E-state index in [0.29, 0.717) is 6.41 Å². The van der Waals surface area contributed by atoms with Gasteiger partial charge in [0.25, 0.3) is 0 Å². The summed E-state index contributed by atoms with van der Waals surface area (Å²) < 4.78 is 0. The fraction of sp³-hybridized carbons (Fsp3) is 0.385. The molecule has 4 heteroatoms. The van der Waals surface area contributed by atoms with Gasteiger partial charge in [-0.05, 0) is 30.5 Å². The lowest BCUT2D eigenvalue weighted by atomic mass is 10.0. The normalized spacial score (nSPS) is 15.2. The number of carbonyl (C=O) groups excluding carboxylic acids is 1. The van der Waals surface area contributed by atoms with Crippen molar-refractivity contribution in [2.24, 2.45) is 0 Å². The van der Waals surface area contributed by atoms with E-state index in [1.165, 1.54) is 0 Å². The summed E-state index contributed by atoms with van der Waals surface area (Å²) >= 11 is 0. The molecule has 0 saturated heterocycles. The lowest BCUT2D eigenvalue weighted by Crippen LogP contribution is -2.27. The number of carboxylic acid groups (broad SMARTS) is 1. The summed E-state index contributed by atoms with van der Waals surface area (Å²) in [6.45, 7) is 4.00. The van der Waals surface area contributed by atoms with Crippen LogP contribution in [-0.4, -0.2) is 17.5 Å². The Labute approximate surface area is 101 Å². The van der Waals surface area contributed by atoms with Gasteiger partial charge >= 0.3 is 5.97 Å². The minimum Gasteiger partial charge on any atom is -0.478 e. The van der Waals surface area contributed by atoms with Gasteiger partial charge in [-0.3, -0.25) is 4.79 Å². The molecular weight excluding hydrogens is 218 g/mol. The Kier molecular flexibility index (Phi) is 4.26. The molecule has 0 aromatic heterocycles. The molecule has 17 heavy (non-hydrogen) atoms. The van der Waals surface area contributed by atoms with Gasteiger partial charge in [0.15, 0.2) is 0 Å². The van der Waals surface area contributed by atoms with Crippen LogP contribution in [0.1, 0.15) is 42.6 Å². The predicted molar refractivity (Wildman–Crippen MR) is 64.9 cm³/mol. The molecule has 0 aliphatic heterocycles. The van der Waals surface area contributed by atoms with E-state index in [0.717, 1.165) is 18.4 Å². The maximum absolute atomic E-state index is 10.6. The Balaban J connectivity index is 0.000000686. The zero-order valence-electron chi connectivity index (χ0n) is 10.1. The Hall–Kier alpha value is -1.84. The van der Waals surface area contributed by atoms with Crippen molar-refractivity contribution in [1.29, 1.82) is 0 Å². The Morgan fingerprint density at radius 3 is 2.18 bits per heavy atom. The number of carbonyl (C=O) groups is 2. The summed E-state index contributed by atoms with van der Waals surface area (Å²) in [6, 6.07) is 6.63. The van der Waals surface area contributed by atoms with Gasteiger partial charge in [0.05, 0.1) is 11.1 Å². The van der Waals surface area contributed by atoms with Gasteiger partial charge in [0.2, 0.25) is 6.41 Å². The molecule has 1 aliphatic rings. The molecule has 2 N–H and O–H groups in total. The summed E-state index contributed by atoms with van der Waals surface area (Å²) in [5, 5.41) is 11.5. The molecule has 2 rings (SSSR count). The molecule has 1 fully saturated rings. The molecule has 1 aromatic carbocycles. The Bertz CT molecular complexity index is 394. The number of benzene rings is 1. The van der Waals surface area contributed by atoms with Gasteiger partial charge in [-0.2, -0.15) is 0 Å². The lowest BCUT2D eigenvalue weighted by molar-refractivity contribution is -0.110. The minimum atomic E-state index is -0.935. The summed E-state index contributed by atoms with van der Waals surface area (Å²) in [5.74, 6) is -0.935. The monoisotopic (exact) mass is 235 g/mol. The number of rotatable bonds is 4. The summed E-state index contributed by atoms with van der Waals surface area (Å²) in [6.07, 6.45) is 2.52. The van der Waals surface area contributed by atoms with E-state index in [4.69, 9.17) is 5.11 Å². The minimum absolute atomic E-state index is 0.237. The molecule has 0 unspecified atom stereocenters. The first-order chi connectivity index (χ1) is 8.18. The number of carboxylic acids is 1. The van der Waals surface area contributed by atoms with Crippen LogP contribution in [0.4, 0.5) is 0 Å². The SMILES string of the molecule is CC.O=CNC1(c2ccc(C(=O)O)cc2)CC1. The maximum Gasteiger partial charge on any atom is 0.335 e. The van der Waals surface area contributed by atoms with Crippen molar-refractivity contribution in [3.05, 3.63) is 35.4 Å². The third kappa shape index (κ3) is 2.84. The largest absolute Gasteiger partial charge is 0.478 e. The van der Waals surface area contributed by atoms with E-state index >= 15 is 0 Å². The fourth-order valence-corrected chi connectivity index (χ4v) is 1.69. The van der Waals surface area contributed by atoms with Crippen LogP contribution >= 0.6 is 0 Å². The highest BCUT2D eigenvalue weighted by Gasteiger charge is 2.43. The zero-order valence-corrected chi connectivity index (χ0v) is 10.1. The highest BCUT2D eigenvalue weighted by atomic mass is 16.4. The second-order valence-electron chi connectivity index (χ2n) is 3.73. The smallest absolute Gasteiger partial charge is 0.335 e. The van der Waals surface area contributed by atoms with Crippen LogP contribution in [0, 0.1) is 0 Å². The van der Waals surface area contributed by atoms with Crippen molar-refractivity contribution >= 4 is 12.4 Å². The van der Waals surface area contributed by atoms with E-state index in [2.05, 4.69) is 5.32 Å². The molecule has 1 amide bonds. The van der Waals surface area contributed by atoms with Crippen LogP contribution in [0.2, 0.25) is 0 Å². The van der Waals surface area contributed by atoms with Crippen molar-refractivity contribution in [1.82, 2.24) is 5.32 Å². The molecule has 0 heterocycles. The van der Waals surface area contributed by atoms with Gasteiger partial charge in [0, 0.05) is 0 Å². The predicted octanol–water partition coefficient (Wildman–Crippen LogP) is 2.15. The molecule has 1 aliphatic carbocycles. The molecular formula is C13H17NO3. The van der Waals surface area contributed by atoms with E-state index in [1.807, 2.05) is 13.8 Å². The number of hydrogen-bond acceptors (Lipinski definition) is 2. The highest BCUT2D eigenvalue weighted by Crippen LogP contribution is 2.44. The second-order valence-corrected chi connectivity index (χ2v) is 3.73. The van der Waals surface area contributed by atoms with Crippen LogP contribution in [0.15, 0.2) is 24.3 Å². The van der Waals surface area contributed by atoms with Gasteiger partial charge < -0.3 is 10.4 Å². The van der Waals surface area contributed by atoms with Gasteiger partial charge in [-0.15, -0.1) is 0 Å². The fourth-order valence-electron chi connectivity index (χ4n) is 1.69. The Morgan fingerprint density at radius 2 is 1.82 bits per heavy atom. The van der Waals surface area contributed by atoms with Crippen molar-refractivity contribution in [2.75, 3.05) is 0 Å². The molecule has 4 nitrogen and oxygen atoms in total. The van der Waals surface area contributed by atoms with E-state index in [9.17, 15) is 9.59 Å². The van der Waals surface area contributed by atoms with Crippen molar-refractivity contribution in [3.63, 3.8) is 0 Å². The van der Waals surface area contributed by atoms with Crippen molar-refractivity contribution < 1.29 is 14.7 Å². The van der Waals surface area contributed by atoms with Crippen LogP contribution < -0.4 is 5.32 Å². The van der Waals surface area contributed by atoms with Gasteiger partial charge in [-0.25, -0.2) is 4.79 Å². The summed E-state index contributed by atoms with van der Waals surface area (Å²) in [5.41, 5.74) is 0.999. The number of nitrogens with one attached hydrogen (secondary N) is 1. The maximum atomic E-state index is 10.6. The molecule has 92 valence electrons. The van der Waals surface area contributed by atoms with Crippen LogP contribution in [0.25, 0.3) is 0 Å². The summed E-state index contributed by atoms with van der Waals surface area (Å²) in [4.78, 5) is 21.0. The average molecular weight is 235 g/mol. The third-order valence-corrected chi connectivity index (χ3v) is 2.77. The zero-order chi connectivity index (χ0) is 12.9. The first-order valence-electron chi connectivity index (χ1n) is 5.73. The topological polar surface area (TPSA) is 66.4 Å². The molecule has 0 radical (unpaired) electrons. The number of amides is 1. The van der Waals surface area contributed by atoms with E-state index in [1.54, 1.807) is 24.3 Å². The highest BCUT2D eigenvalue weighted by molar-refractivity contribution is 5.87. The third-order valence-electron chi connectivity index (χ3n) is 2.77. The van der Waals surface area contributed by atoms with E-state index < -0.39 is 5.97 Å². The molecule has 0 atom stereocenters. The van der Waals surface area contributed by atoms with Crippen molar-refractivity contribution in [3.8, 4) is 0 Å². The molecule has 0 bridgehead atoms. The van der Waals surface area contributed by atoms with Crippen LogP contribution in [0.5, 0.6) is 0 Å². The lowest BCUT2D eigenvalue weighted by Gasteiger charge is -2.14. The number of hydrogen-bond donors (Lipinski definition) is 2. The quantitative estimate of drug-likeness (QED) is 0.786. The van der Waals surface area contributed by atoms with Gasteiger partial charge in [0.1, 0.15) is 0 Å². The molecule has 1 saturated carbocycles. The average Bonchev–Trinajstić information content (AvgIpc) is 3.13. The first-order valence-corrected chi connectivity index (χ1v) is 5.73.